The fourth-order valence-electron chi connectivity index (χ4n) is 3.03. The number of nitrogens with zero attached hydrogens (tertiary/aromatic N) is 4. The molecular weight excluding hydrogens is 476 g/mol. The van der Waals surface area contributed by atoms with Crippen molar-refractivity contribution in [3.8, 4) is 5.75 Å². The van der Waals surface area contributed by atoms with Crippen LogP contribution in [0.4, 0.5) is 5.69 Å². The second-order valence-corrected chi connectivity index (χ2v) is 8.03. The largest absolute Gasteiger partial charge is 0.481 e. The number of carbonyl (C=O) groups excluding carboxylic acids is 1. The van der Waals surface area contributed by atoms with E-state index in [2.05, 4.69) is 26.0 Å². The predicted octanol–water partition coefficient (Wildman–Crippen LogP) is 3.61. The number of aryl methyl sites for hydroxylation is 1. The first-order valence-corrected chi connectivity index (χ1v) is 11.0. The van der Waals surface area contributed by atoms with Crippen molar-refractivity contribution in [3.63, 3.8) is 0 Å². The quantitative estimate of drug-likeness (QED) is 0.346. The minimum atomic E-state index is -0.459. The summed E-state index contributed by atoms with van der Waals surface area (Å²) in [7, 11) is 3.81. The molecular formula is C23H25BrN4O4. The Balaban J connectivity index is 2.03. The summed E-state index contributed by atoms with van der Waals surface area (Å²) in [5.41, 5.74) is 1.87. The van der Waals surface area contributed by atoms with Crippen LogP contribution in [0, 0.1) is 0 Å². The van der Waals surface area contributed by atoms with Crippen LogP contribution in [0.1, 0.15) is 25.2 Å². The van der Waals surface area contributed by atoms with Gasteiger partial charge in [0, 0.05) is 42.3 Å². The van der Waals surface area contributed by atoms with E-state index in [4.69, 9.17) is 9.47 Å². The highest BCUT2D eigenvalue weighted by atomic mass is 79.9. The number of fused-ring (bicyclic) bond motifs is 1. The molecule has 0 aliphatic heterocycles. The monoisotopic (exact) mass is 500 g/mol. The minimum Gasteiger partial charge on any atom is -0.481 e. The van der Waals surface area contributed by atoms with E-state index >= 15 is 0 Å². The smallest absolute Gasteiger partial charge is 0.344 e. The molecule has 0 bridgehead atoms. The molecule has 0 radical (unpaired) electrons. The number of hydrogen-bond donors (Lipinski definition) is 0. The Bertz CT molecular complexity index is 1220. The Morgan fingerprint density at radius 3 is 2.69 bits per heavy atom. The van der Waals surface area contributed by atoms with Gasteiger partial charge in [-0.3, -0.25) is 4.79 Å². The van der Waals surface area contributed by atoms with Crippen molar-refractivity contribution in [2.45, 2.75) is 20.3 Å². The maximum Gasteiger partial charge on any atom is 0.344 e. The molecule has 8 nitrogen and oxygen atoms in total. The van der Waals surface area contributed by atoms with Crippen LogP contribution in [0.25, 0.3) is 10.9 Å². The molecule has 0 amide bonds. The van der Waals surface area contributed by atoms with Crippen molar-refractivity contribution >= 4 is 44.7 Å². The first kappa shape index (κ1) is 23.5. The van der Waals surface area contributed by atoms with Crippen LogP contribution in [-0.4, -0.2) is 49.2 Å². The lowest BCUT2D eigenvalue weighted by molar-refractivity contribution is -0.145. The maximum atomic E-state index is 13.1. The Morgan fingerprint density at radius 1 is 1.22 bits per heavy atom. The van der Waals surface area contributed by atoms with Crippen LogP contribution >= 0.6 is 15.9 Å². The molecule has 32 heavy (non-hydrogen) atoms. The van der Waals surface area contributed by atoms with Gasteiger partial charge in [0.2, 0.25) is 0 Å². The van der Waals surface area contributed by atoms with Crippen LogP contribution in [0.2, 0.25) is 0 Å². The molecule has 2 aromatic carbocycles. The van der Waals surface area contributed by atoms with Gasteiger partial charge in [0.05, 0.1) is 23.7 Å². The number of anilines is 1. The van der Waals surface area contributed by atoms with Gasteiger partial charge in [-0.25, -0.2) is 9.78 Å². The lowest BCUT2D eigenvalue weighted by Gasteiger charge is -2.16. The van der Waals surface area contributed by atoms with Gasteiger partial charge in [-0.15, -0.1) is 0 Å². The fourth-order valence-corrected chi connectivity index (χ4v) is 3.40. The molecule has 3 aromatic rings. The topological polar surface area (TPSA) is 86.0 Å². The summed E-state index contributed by atoms with van der Waals surface area (Å²) < 4.78 is 12.7. The van der Waals surface area contributed by atoms with Gasteiger partial charge in [-0.2, -0.15) is 9.78 Å². The summed E-state index contributed by atoms with van der Waals surface area (Å²) in [6.45, 7) is 3.71. The van der Waals surface area contributed by atoms with Crippen LogP contribution in [0.3, 0.4) is 0 Å². The Kier molecular flexibility index (Phi) is 7.63. The van der Waals surface area contributed by atoms with Gasteiger partial charge in [-0.1, -0.05) is 22.9 Å². The van der Waals surface area contributed by atoms with E-state index < -0.39 is 5.97 Å². The summed E-state index contributed by atoms with van der Waals surface area (Å²) in [5.74, 6) is 0.537. The number of esters is 1. The third-order valence-corrected chi connectivity index (χ3v) is 5.16. The first-order chi connectivity index (χ1) is 15.3. The van der Waals surface area contributed by atoms with Crippen LogP contribution in [-0.2, 0) is 16.0 Å². The summed E-state index contributed by atoms with van der Waals surface area (Å²) in [5, 5.41) is 4.88. The number of hydrogen-bond acceptors (Lipinski definition) is 7. The van der Waals surface area contributed by atoms with Crippen molar-refractivity contribution in [2.24, 2.45) is 5.10 Å². The van der Waals surface area contributed by atoms with Gasteiger partial charge in [-0.05, 0) is 37.3 Å². The molecule has 1 aromatic heterocycles. The highest BCUT2D eigenvalue weighted by Gasteiger charge is 2.12. The zero-order chi connectivity index (χ0) is 23.3. The van der Waals surface area contributed by atoms with Gasteiger partial charge in [0.1, 0.15) is 11.6 Å². The van der Waals surface area contributed by atoms with E-state index in [0.29, 0.717) is 34.5 Å². The second kappa shape index (κ2) is 10.4. The summed E-state index contributed by atoms with van der Waals surface area (Å²) in [4.78, 5) is 31.3. The van der Waals surface area contributed by atoms with E-state index in [1.165, 1.54) is 10.9 Å². The van der Waals surface area contributed by atoms with Crippen molar-refractivity contribution < 1.29 is 14.3 Å². The molecule has 168 valence electrons. The van der Waals surface area contributed by atoms with Gasteiger partial charge in [0.15, 0.2) is 6.61 Å². The molecule has 1 heterocycles. The molecule has 0 spiro atoms. The number of ether oxygens (including phenoxy) is 2. The molecule has 0 atom stereocenters. The minimum absolute atomic E-state index is 0.225. The molecule has 9 heteroatoms. The van der Waals surface area contributed by atoms with E-state index in [9.17, 15) is 9.59 Å². The van der Waals surface area contributed by atoms with E-state index in [1.54, 1.807) is 25.1 Å². The average Bonchev–Trinajstić information content (AvgIpc) is 2.77. The molecule has 0 aliphatic carbocycles. The second-order valence-electron chi connectivity index (χ2n) is 7.11. The normalized spacial score (nSPS) is 11.2. The van der Waals surface area contributed by atoms with Crippen molar-refractivity contribution in [1.82, 2.24) is 9.66 Å². The standard InChI is InChI=1S/C23H25BrN4O4/c1-5-21-26-19-10-8-16(24)11-18(19)23(30)28(21)25-13-15-7-9-17(27(3)4)12-20(15)32-14-22(29)31-6-2/h7-13H,5-6,14H2,1-4H3. The average molecular weight is 501 g/mol. The third-order valence-electron chi connectivity index (χ3n) is 4.67. The fraction of sp³-hybridized carbons (Fsp3) is 0.304. The summed E-state index contributed by atoms with van der Waals surface area (Å²) >= 11 is 3.40. The van der Waals surface area contributed by atoms with E-state index in [-0.39, 0.29) is 18.8 Å². The molecule has 3 rings (SSSR count). The van der Waals surface area contributed by atoms with E-state index in [0.717, 1.165) is 10.2 Å². The Labute approximate surface area is 194 Å². The van der Waals surface area contributed by atoms with E-state index in [1.807, 2.05) is 44.1 Å². The molecule has 0 saturated carbocycles. The molecule has 0 aliphatic rings. The van der Waals surface area contributed by atoms with Gasteiger partial charge in [0.25, 0.3) is 5.56 Å². The summed E-state index contributed by atoms with van der Waals surface area (Å²) in [6.07, 6.45) is 2.07. The van der Waals surface area contributed by atoms with Gasteiger partial charge >= 0.3 is 5.97 Å². The maximum absolute atomic E-state index is 13.1. The number of rotatable bonds is 8. The van der Waals surface area contributed by atoms with Crippen LogP contribution in [0.5, 0.6) is 5.75 Å². The molecule has 0 N–H and O–H groups in total. The van der Waals surface area contributed by atoms with Gasteiger partial charge < -0.3 is 14.4 Å². The lowest BCUT2D eigenvalue weighted by Crippen LogP contribution is -2.22. The van der Waals surface area contributed by atoms with Crippen molar-refractivity contribution in [2.75, 3.05) is 32.2 Å². The number of aromatic nitrogens is 2. The number of halogens is 1. The van der Waals surface area contributed by atoms with Crippen molar-refractivity contribution in [1.29, 1.82) is 0 Å². The zero-order valence-electron chi connectivity index (χ0n) is 18.5. The Morgan fingerprint density at radius 2 is 2.00 bits per heavy atom. The number of benzene rings is 2. The third kappa shape index (κ3) is 5.34. The molecule has 0 saturated heterocycles. The predicted molar refractivity (Wildman–Crippen MR) is 129 cm³/mol. The SMILES string of the molecule is CCOC(=O)COc1cc(N(C)C)ccc1C=Nn1c(CC)nc2ccc(Br)cc2c1=O. The lowest BCUT2D eigenvalue weighted by atomic mass is 10.2. The van der Waals surface area contributed by atoms with Crippen LogP contribution in [0.15, 0.2) is 50.8 Å². The molecule has 0 unspecified atom stereocenters. The Hall–Kier alpha value is -3.20. The number of carbonyl (C=O) groups is 1. The highest BCUT2D eigenvalue weighted by molar-refractivity contribution is 9.10. The highest BCUT2D eigenvalue weighted by Crippen LogP contribution is 2.24. The summed E-state index contributed by atoms with van der Waals surface area (Å²) in [6, 6.07) is 10.9. The van der Waals surface area contributed by atoms with Crippen molar-refractivity contribution in [3.05, 3.63) is 62.6 Å². The zero-order valence-corrected chi connectivity index (χ0v) is 20.0. The van der Waals surface area contributed by atoms with Crippen LogP contribution < -0.4 is 15.2 Å². The molecule has 0 fully saturated rings. The first-order valence-electron chi connectivity index (χ1n) is 10.2.